The summed E-state index contributed by atoms with van der Waals surface area (Å²) in [6.07, 6.45) is 0.732. The summed E-state index contributed by atoms with van der Waals surface area (Å²) < 4.78 is 24.3. The summed E-state index contributed by atoms with van der Waals surface area (Å²) in [4.78, 5) is 23.1. The highest BCUT2D eigenvalue weighted by molar-refractivity contribution is 9.09. The van der Waals surface area contributed by atoms with Crippen LogP contribution in [0.25, 0.3) is 11.3 Å². The third kappa shape index (κ3) is 4.52. The minimum absolute atomic E-state index is 0.0180. The lowest BCUT2D eigenvalue weighted by Gasteiger charge is -2.04. The predicted octanol–water partition coefficient (Wildman–Crippen LogP) is 4.48. The standard InChI is InChI=1S/C16H14BrClFNO5/c1-8(21)24-15-13(23)14(12-9(18)4-2-5-10(12)19)25-16(15)20-11(22)6-3-7-17/h2,4-5,23H,3,6-7H2,1H3,(H,20,22). The second kappa shape index (κ2) is 8.35. The van der Waals surface area contributed by atoms with Gasteiger partial charge < -0.3 is 14.3 Å². The molecule has 134 valence electrons. The molecule has 0 aliphatic rings. The van der Waals surface area contributed by atoms with Crippen molar-refractivity contribution in [1.29, 1.82) is 0 Å². The van der Waals surface area contributed by atoms with Crippen LogP contribution in [0.1, 0.15) is 19.8 Å². The number of rotatable bonds is 6. The molecule has 2 rings (SSSR count). The zero-order valence-corrected chi connectivity index (χ0v) is 15.4. The second-order valence-corrected chi connectivity index (χ2v) is 6.17. The first-order valence-electron chi connectivity index (χ1n) is 7.19. The number of halogens is 3. The number of alkyl halides is 1. The Balaban J connectivity index is 2.49. The average Bonchev–Trinajstić information content (AvgIpc) is 2.81. The monoisotopic (exact) mass is 433 g/mol. The van der Waals surface area contributed by atoms with E-state index in [-0.39, 0.29) is 28.7 Å². The Hall–Kier alpha value is -2.06. The lowest BCUT2D eigenvalue weighted by Crippen LogP contribution is -2.12. The van der Waals surface area contributed by atoms with Crippen LogP contribution in [0.2, 0.25) is 5.02 Å². The number of carbonyl (C=O) groups excluding carboxylic acids is 2. The molecular weight excluding hydrogens is 421 g/mol. The molecule has 2 aromatic rings. The second-order valence-electron chi connectivity index (χ2n) is 4.97. The van der Waals surface area contributed by atoms with Gasteiger partial charge in [-0.05, 0) is 18.6 Å². The molecule has 25 heavy (non-hydrogen) atoms. The Labute approximate surface area is 156 Å². The van der Waals surface area contributed by atoms with Crippen LogP contribution in [0.4, 0.5) is 10.3 Å². The van der Waals surface area contributed by atoms with Gasteiger partial charge >= 0.3 is 5.97 Å². The van der Waals surface area contributed by atoms with E-state index in [2.05, 4.69) is 21.2 Å². The van der Waals surface area contributed by atoms with Crippen LogP contribution in [-0.2, 0) is 9.59 Å². The van der Waals surface area contributed by atoms with Gasteiger partial charge in [0.15, 0.2) is 5.76 Å². The van der Waals surface area contributed by atoms with Crippen LogP contribution in [0.3, 0.4) is 0 Å². The molecule has 1 aromatic carbocycles. The van der Waals surface area contributed by atoms with Crippen molar-refractivity contribution in [3.63, 3.8) is 0 Å². The van der Waals surface area contributed by atoms with Gasteiger partial charge in [-0.1, -0.05) is 33.6 Å². The molecule has 0 saturated carbocycles. The Bertz CT molecular complexity index is 788. The lowest BCUT2D eigenvalue weighted by molar-refractivity contribution is -0.132. The van der Waals surface area contributed by atoms with E-state index in [0.717, 1.165) is 13.0 Å². The third-order valence-electron chi connectivity index (χ3n) is 3.07. The third-order valence-corrected chi connectivity index (χ3v) is 3.94. The maximum atomic E-state index is 14.1. The van der Waals surface area contributed by atoms with Gasteiger partial charge in [0.25, 0.3) is 0 Å². The molecular formula is C16H14BrClFNO5. The van der Waals surface area contributed by atoms with Crippen molar-refractivity contribution in [1.82, 2.24) is 0 Å². The molecule has 0 spiro atoms. The average molecular weight is 435 g/mol. The predicted molar refractivity (Wildman–Crippen MR) is 93.7 cm³/mol. The number of furan rings is 1. The number of carbonyl (C=O) groups is 2. The van der Waals surface area contributed by atoms with Gasteiger partial charge in [0, 0.05) is 18.7 Å². The topological polar surface area (TPSA) is 88.8 Å². The largest absolute Gasteiger partial charge is 0.502 e. The van der Waals surface area contributed by atoms with E-state index in [0.29, 0.717) is 11.8 Å². The zero-order chi connectivity index (χ0) is 18.6. The van der Waals surface area contributed by atoms with Crippen LogP contribution in [0.5, 0.6) is 11.5 Å². The number of esters is 1. The van der Waals surface area contributed by atoms with E-state index < -0.39 is 29.2 Å². The molecule has 0 bridgehead atoms. The van der Waals surface area contributed by atoms with Crippen molar-refractivity contribution in [3.8, 4) is 22.8 Å². The van der Waals surface area contributed by atoms with Crippen LogP contribution >= 0.6 is 27.5 Å². The van der Waals surface area contributed by atoms with Gasteiger partial charge in [-0.3, -0.25) is 14.9 Å². The Morgan fingerprint density at radius 2 is 2.16 bits per heavy atom. The van der Waals surface area contributed by atoms with E-state index in [9.17, 15) is 19.1 Å². The molecule has 0 radical (unpaired) electrons. The minimum Gasteiger partial charge on any atom is -0.502 e. The molecule has 0 atom stereocenters. The number of benzene rings is 1. The number of aromatic hydroxyl groups is 1. The molecule has 0 saturated heterocycles. The van der Waals surface area contributed by atoms with Gasteiger partial charge in [-0.15, -0.1) is 0 Å². The van der Waals surface area contributed by atoms with Crippen molar-refractivity contribution < 1.29 is 28.2 Å². The highest BCUT2D eigenvalue weighted by Crippen LogP contribution is 2.48. The molecule has 9 heteroatoms. The number of nitrogens with one attached hydrogen (secondary N) is 1. The van der Waals surface area contributed by atoms with Crippen molar-refractivity contribution in [3.05, 3.63) is 29.0 Å². The highest BCUT2D eigenvalue weighted by atomic mass is 79.9. The number of hydrogen-bond donors (Lipinski definition) is 2. The molecule has 2 N–H and O–H groups in total. The van der Waals surface area contributed by atoms with E-state index in [1.54, 1.807) is 0 Å². The SMILES string of the molecule is CC(=O)Oc1c(NC(=O)CCCBr)oc(-c2c(F)cccc2Cl)c1O. The summed E-state index contributed by atoms with van der Waals surface area (Å²) in [6.45, 7) is 1.11. The van der Waals surface area contributed by atoms with Gasteiger partial charge in [-0.2, -0.15) is 0 Å². The van der Waals surface area contributed by atoms with Crippen LogP contribution in [0, 0.1) is 5.82 Å². The number of ether oxygens (including phenoxy) is 1. The molecule has 6 nitrogen and oxygen atoms in total. The van der Waals surface area contributed by atoms with Crippen LogP contribution in [-0.4, -0.2) is 22.3 Å². The van der Waals surface area contributed by atoms with Crippen molar-refractivity contribution >= 4 is 45.3 Å². The summed E-state index contributed by atoms with van der Waals surface area (Å²) >= 11 is 9.17. The van der Waals surface area contributed by atoms with Gasteiger partial charge in [-0.25, -0.2) is 4.39 Å². The van der Waals surface area contributed by atoms with Crippen LogP contribution < -0.4 is 10.1 Å². The fourth-order valence-corrected chi connectivity index (χ4v) is 2.56. The lowest BCUT2D eigenvalue weighted by atomic mass is 10.1. The van der Waals surface area contributed by atoms with Crippen molar-refractivity contribution in [2.75, 3.05) is 10.6 Å². The fourth-order valence-electron chi connectivity index (χ4n) is 2.03. The first kappa shape index (κ1) is 19.3. The summed E-state index contributed by atoms with van der Waals surface area (Å²) in [5, 5.41) is 13.3. The Morgan fingerprint density at radius 1 is 1.44 bits per heavy atom. The number of hydrogen-bond acceptors (Lipinski definition) is 5. The summed E-state index contributed by atoms with van der Waals surface area (Å²) in [5.41, 5.74) is -0.212. The highest BCUT2D eigenvalue weighted by Gasteiger charge is 2.28. The van der Waals surface area contributed by atoms with Gasteiger partial charge in [0.1, 0.15) is 5.82 Å². The fraction of sp³-hybridized carbons (Fsp3) is 0.250. The van der Waals surface area contributed by atoms with E-state index in [4.69, 9.17) is 20.8 Å². The number of amides is 1. The summed E-state index contributed by atoms with van der Waals surface area (Å²) in [6, 6.07) is 3.92. The number of anilines is 1. The smallest absolute Gasteiger partial charge is 0.308 e. The first-order chi connectivity index (χ1) is 11.8. The summed E-state index contributed by atoms with van der Waals surface area (Å²) in [7, 11) is 0. The zero-order valence-electron chi connectivity index (χ0n) is 13.1. The molecule has 0 aliphatic heterocycles. The van der Waals surface area contributed by atoms with Gasteiger partial charge in [0.2, 0.25) is 23.3 Å². The first-order valence-corrected chi connectivity index (χ1v) is 8.69. The molecule has 0 unspecified atom stereocenters. The Morgan fingerprint density at radius 3 is 2.76 bits per heavy atom. The normalized spacial score (nSPS) is 10.6. The molecule has 1 heterocycles. The minimum atomic E-state index is -0.752. The molecule has 0 fully saturated rings. The molecule has 0 aliphatic carbocycles. The van der Waals surface area contributed by atoms with E-state index in [1.165, 1.54) is 12.1 Å². The Kier molecular flexibility index (Phi) is 6.44. The van der Waals surface area contributed by atoms with Gasteiger partial charge in [0.05, 0.1) is 10.6 Å². The molecule has 1 amide bonds. The van der Waals surface area contributed by atoms with E-state index in [1.807, 2.05) is 0 Å². The maximum absolute atomic E-state index is 14.1. The maximum Gasteiger partial charge on any atom is 0.308 e. The molecule has 1 aromatic heterocycles. The quantitative estimate of drug-likeness (QED) is 0.517. The van der Waals surface area contributed by atoms with E-state index >= 15 is 0 Å². The van der Waals surface area contributed by atoms with Crippen LogP contribution in [0.15, 0.2) is 22.6 Å². The van der Waals surface area contributed by atoms with Crippen molar-refractivity contribution in [2.45, 2.75) is 19.8 Å². The van der Waals surface area contributed by atoms with Crippen molar-refractivity contribution in [2.24, 2.45) is 0 Å². The summed E-state index contributed by atoms with van der Waals surface area (Å²) in [5.74, 6) is -3.63.